The Labute approximate surface area is 285 Å². The van der Waals surface area contributed by atoms with Gasteiger partial charge in [0.15, 0.2) is 0 Å². The van der Waals surface area contributed by atoms with Crippen molar-refractivity contribution in [2.24, 2.45) is 17.8 Å². The molecule has 2 aromatic rings. The first-order valence-electron chi connectivity index (χ1n) is 17.4. The van der Waals surface area contributed by atoms with Crippen LogP contribution in [0.15, 0.2) is 79.9 Å². The second-order valence-electron chi connectivity index (χ2n) is 13.9. The number of likely N-dealkylation sites (tertiary alicyclic amines) is 1. The molecule has 3 aliphatic rings. The molecule has 0 saturated carbocycles. The standard InChI is InChI=1S/C39H52N4O5/c1-8-23-41(25-28-15-13-12-14-16-28)35(45)32-33-36(46)43(31(26-44)27(5)6)34(39(33)22-21-38(32,7)48-39)37(47)42(24-9-2)30-19-17-29(18-20-30)40(10-3)11-4/h8-9,12-20,27,31-34,44H,1-2,10-11,21-26H2,3-7H3/t31-,32+,33-,34?,38-,39?/m0/s1. The molecular formula is C39H52N4O5. The zero-order valence-electron chi connectivity index (χ0n) is 29.2. The molecule has 0 aromatic heterocycles. The van der Waals surface area contributed by atoms with Crippen LogP contribution in [-0.4, -0.2) is 88.7 Å². The molecule has 9 heteroatoms. The van der Waals surface area contributed by atoms with E-state index in [0.717, 1.165) is 24.3 Å². The van der Waals surface area contributed by atoms with Crippen LogP contribution in [0.25, 0.3) is 0 Å². The summed E-state index contributed by atoms with van der Waals surface area (Å²) < 4.78 is 6.94. The number of benzene rings is 2. The van der Waals surface area contributed by atoms with Gasteiger partial charge in [-0.2, -0.15) is 0 Å². The number of amides is 3. The molecule has 1 N–H and O–H groups in total. The Balaban J connectivity index is 1.58. The Bertz CT molecular complexity index is 1490. The quantitative estimate of drug-likeness (QED) is 0.270. The van der Waals surface area contributed by atoms with E-state index in [1.54, 1.807) is 26.9 Å². The molecule has 3 heterocycles. The largest absolute Gasteiger partial charge is 0.394 e. The van der Waals surface area contributed by atoms with Gasteiger partial charge in [-0.1, -0.05) is 56.3 Å². The number of carbonyl (C=O) groups excluding carboxylic acids is 3. The van der Waals surface area contributed by atoms with Crippen molar-refractivity contribution >= 4 is 29.1 Å². The highest BCUT2D eigenvalue weighted by Crippen LogP contribution is 2.64. The predicted octanol–water partition coefficient (Wildman–Crippen LogP) is 5.05. The van der Waals surface area contributed by atoms with Gasteiger partial charge in [-0.05, 0) is 69.4 Å². The van der Waals surface area contributed by atoms with E-state index in [1.807, 2.05) is 75.4 Å². The first kappa shape index (κ1) is 35.4. The van der Waals surface area contributed by atoms with Gasteiger partial charge in [0, 0.05) is 44.1 Å². The SMILES string of the molecule is C=CCN(Cc1ccccc1)C(=O)[C@H]1[C@H]2C(=O)N([C@@H](CO)C(C)C)C(C(=O)N(CC=C)c3ccc(N(CC)CC)cc3)C23CC[C@]1(C)O3. The van der Waals surface area contributed by atoms with E-state index in [-0.39, 0.29) is 36.8 Å². The Kier molecular flexibility index (Phi) is 10.5. The van der Waals surface area contributed by atoms with Crippen LogP contribution >= 0.6 is 0 Å². The molecule has 1 spiro atoms. The zero-order chi connectivity index (χ0) is 34.8. The third-order valence-electron chi connectivity index (χ3n) is 10.8. The van der Waals surface area contributed by atoms with Crippen LogP contribution in [0.4, 0.5) is 11.4 Å². The van der Waals surface area contributed by atoms with Crippen molar-refractivity contribution in [1.82, 2.24) is 9.80 Å². The highest BCUT2D eigenvalue weighted by Gasteiger charge is 2.79. The van der Waals surface area contributed by atoms with Crippen molar-refractivity contribution in [3.8, 4) is 0 Å². The van der Waals surface area contributed by atoms with E-state index in [2.05, 4.69) is 31.9 Å². The van der Waals surface area contributed by atoms with Gasteiger partial charge in [-0.3, -0.25) is 14.4 Å². The van der Waals surface area contributed by atoms with Crippen LogP contribution < -0.4 is 9.80 Å². The fraction of sp³-hybridized carbons (Fsp3) is 0.513. The number of rotatable bonds is 15. The zero-order valence-corrected chi connectivity index (χ0v) is 29.2. The van der Waals surface area contributed by atoms with E-state index in [9.17, 15) is 14.7 Å². The van der Waals surface area contributed by atoms with E-state index in [0.29, 0.717) is 31.6 Å². The van der Waals surface area contributed by atoms with Crippen molar-refractivity contribution in [3.63, 3.8) is 0 Å². The number of ether oxygens (including phenoxy) is 1. The van der Waals surface area contributed by atoms with Crippen LogP contribution in [0.1, 0.15) is 53.0 Å². The fourth-order valence-corrected chi connectivity index (χ4v) is 8.42. The molecular weight excluding hydrogens is 604 g/mol. The summed E-state index contributed by atoms with van der Waals surface area (Å²) in [4.78, 5) is 51.7. The van der Waals surface area contributed by atoms with Crippen LogP contribution in [0.2, 0.25) is 0 Å². The Morgan fingerprint density at radius 3 is 2.17 bits per heavy atom. The first-order chi connectivity index (χ1) is 23.0. The third kappa shape index (κ3) is 5.96. The van der Waals surface area contributed by atoms with E-state index >= 15 is 4.79 Å². The minimum atomic E-state index is -1.22. The Morgan fingerprint density at radius 2 is 1.60 bits per heavy atom. The number of aliphatic hydroxyl groups excluding tert-OH is 1. The normalized spacial score (nSPS) is 26.4. The van der Waals surface area contributed by atoms with Gasteiger partial charge in [-0.15, -0.1) is 13.2 Å². The number of hydrogen-bond acceptors (Lipinski definition) is 6. The number of carbonyl (C=O) groups is 3. The lowest BCUT2D eigenvalue weighted by molar-refractivity contribution is -0.153. The highest BCUT2D eigenvalue weighted by molar-refractivity contribution is 6.05. The summed E-state index contributed by atoms with van der Waals surface area (Å²) in [5.74, 6) is -2.61. The summed E-state index contributed by atoms with van der Waals surface area (Å²) in [7, 11) is 0. The number of anilines is 2. The smallest absolute Gasteiger partial charge is 0.253 e. The summed E-state index contributed by atoms with van der Waals surface area (Å²) >= 11 is 0. The number of hydrogen-bond donors (Lipinski definition) is 1. The van der Waals surface area contributed by atoms with Crippen LogP contribution in [0.5, 0.6) is 0 Å². The minimum absolute atomic E-state index is 0.150. The van der Waals surface area contributed by atoms with Crippen LogP contribution in [0.3, 0.4) is 0 Å². The topological polar surface area (TPSA) is 93.6 Å². The van der Waals surface area contributed by atoms with Gasteiger partial charge in [-0.25, -0.2) is 0 Å². The van der Waals surface area contributed by atoms with Gasteiger partial charge >= 0.3 is 0 Å². The molecule has 0 aliphatic carbocycles. The summed E-state index contributed by atoms with van der Waals surface area (Å²) in [5, 5.41) is 10.7. The lowest BCUT2D eigenvalue weighted by Crippen LogP contribution is -2.60. The average Bonchev–Trinajstić information content (AvgIpc) is 3.65. The molecule has 3 saturated heterocycles. The molecule has 9 nitrogen and oxygen atoms in total. The van der Waals surface area contributed by atoms with Gasteiger partial charge < -0.3 is 29.4 Å². The van der Waals surface area contributed by atoms with Crippen molar-refractivity contribution in [2.75, 3.05) is 42.6 Å². The molecule has 48 heavy (non-hydrogen) atoms. The second kappa shape index (κ2) is 14.3. The van der Waals surface area contributed by atoms with E-state index in [4.69, 9.17) is 4.74 Å². The molecule has 3 amide bonds. The molecule has 3 fully saturated rings. The predicted molar refractivity (Wildman–Crippen MR) is 189 cm³/mol. The van der Waals surface area contributed by atoms with Gasteiger partial charge in [0.1, 0.15) is 11.6 Å². The fourth-order valence-electron chi connectivity index (χ4n) is 8.42. The summed E-state index contributed by atoms with van der Waals surface area (Å²) in [6.45, 7) is 20.1. The lowest BCUT2D eigenvalue weighted by atomic mass is 9.66. The molecule has 2 bridgehead atoms. The van der Waals surface area contributed by atoms with Crippen molar-refractivity contribution in [1.29, 1.82) is 0 Å². The number of nitrogens with zero attached hydrogens (tertiary/aromatic N) is 4. The summed E-state index contributed by atoms with van der Waals surface area (Å²) in [6, 6.07) is 15.9. The van der Waals surface area contributed by atoms with Gasteiger partial charge in [0.2, 0.25) is 11.8 Å². The number of fused-ring (bicyclic) bond motifs is 1. The minimum Gasteiger partial charge on any atom is -0.394 e. The Morgan fingerprint density at radius 1 is 0.979 bits per heavy atom. The highest BCUT2D eigenvalue weighted by atomic mass is 16.5. The molecule has 5 rings (SSSR count). The summed E-state index contributed by atoms with van der Waals surface area (Å²) in [5.41, 5.74) is 0.548. The van der Waals surface area contributed by atoms with Crippen LogP contribution in [-0.2, 0) is 25.7 Å². The van der Waals surface area contributed by atoms with Crippen molar-refractivity contribution in [3.05, 3.63) is 85.5 Å². The maximum absolute atomic E-state index is 15.1. The average molecular weight is 657 g/mol. The molecule has 6 atom stereocenters. The van der Waals surface area contributed by atoms with Gasteiger partial charge in [0.05, 0.1) is 30.1 Å². The molecule has 258 valence electrons. The van der Waals surface area contributed by atoms with Crippen molar-refractivity contribution in [2.45, 2.75) is 77.3 Å². The van der Waals surface area contributed by atoms with E-state index < -0.39 is 35.1 Å². The summed E-state index contributed by atoms with van der Waals surface area (Å²) in [6.07, 6.45) is 4.36. The third-order valence-corrected chi connectivity index (χ3v) is 10.8. The monoisotopic (exact) mass is 656 g/mol. The molecule has 0 radical (unpaired) electrons. The van der Waals surface area contributed by atoms with E-state index in [1.165, 1.54) is 0 Å². The molecule has 2 unspecified atom stereocenters. The second-order valence-corrected chi connectivity index (χ2v) is 13.9. The van der Waals surface area contributed by atoms with Crippen molar-refractivity contribution < 1.29 is 24.2 Å². The first-order valence-corrected chi connectivity index (χ1v) is 17.4. The molecule has 3 aliphatic heterocycles. The van der Waals surface area contributed by atoms with Gasteiger partial charge in [0.25, 0.3) is 5.91 Å². The lowest BCUT2D eigenvalue weighted by Gasteiger charge is -2.40. The maximum Gasteiger partial charge on any atom is 0.253 e. The van der Waals surface area contributed by atoms with Crippen LogP contribution in [0, 0.1) is 17.8 Å². The maximum atomic E-state index is 15.1. The number of aliphatic hydroxyl groups is 1. The molecule has 2 aromatic carbocycles. The Hall–Kier alpha value is -3.95.